The SMILES string of the molecule is Cc1ccc(N2C(=O)C[C@H](C(=O)OCc3nc(C)no3)[C@H]2c2cccs2)cc1. The average molecular weight is 397 g/mol. The molecule has 0 N–H and O–H groups in total. The summed E-state index contributed by atoms with van der Waals surface area (Å²) in [6.45, 7) is 3.58. The summed E-state index contributed by atoms with van der Waals surface area (Å²) in [5.74, 6) is -0.436. The van der Waals surface area contributed by atoms with E-state index in [4.69, 9.17) is 9.26 Å². The Hall–Kier alpha value is -3.00. The Bertz CT molecular complexity index is 981. The minimum absolute atomic E-state index is 0.0954. The molecule has 1 aromatic carbocycles. The van der Waals surface area contributed by atoms with Crippen LogP contribution in [0.3, 0.4) is 0 Å². The summed E-state index contributed by atoms with van der Waals surface area (Å²) < 4.78 is 10.4. The summed E-state index contributed by atoms with van der Waals surface area (Å²) >= 11 is 1.52. The van der Waals surface area contributed by atoms with Gasteiger partial charge in [0, 0.05) is 17.0 Å². The second kappa shape index (κ2) is 7.55. The van der Waals surface area contributed by atoms with Crippen LogP contribution in [0.1, 0.15) is 34.6 Å². The standard InChI is InChI=1S/C20H19N3O4S/c1-12-5-7-14(8-6-12)23-18(24)10-15(19(23)16-4-3-9-28-16)20(25)26-11-17-21-13(2)22-27-17/h3-9,15,19H,10-11H2,1-2H3/t15-,19-/m0/s1. The van der Waals surface area contributed by atoms with Gasteiger partial charge in [-0.2, -0.15) is 4.98 Å². The van der Waals surface area contributed by atoms with Crippen molar-refractivity contribution in [1.82, 2.24) is 10.1 Å². The lowest BCUT2D eigenvalue weighted by atomic mass is 9.99. The molecule has 0 radical (unpaired) electrons. The Balaban J connectivity index is 1.60. The third-order valence-corrected chi connectivity index (χ3v) is 5.62. The van der Waals surface area contributed by atoms with Crippen LogP contribution in [-0.2, 0) is 20.9 Å². The van der Waals surface area contributed by atoms with Gasteiger partial charge >= 0.3 is 5.97 Å². The van der Waals surface area contributed by atoms with Gasteiger partial charge in [-0.15, -0.1) is 11.3 Å². The molecule has 2 aromatic heterocycles. The summed E-state index contributed by atoms with van der Waals surface area (Å²) in [5, 5.41) is 5.62. The van der Waals surface area contributed by atoms with Crippen molar-refractivity contribution < 1.29 is 18.8 Å². The lowest BCUT2D eigenvalue weighted by Crippen LogP contribution is -2.30. The molecule has 0 unspecified atom stereocenters. The van der Waals surface area contributed by atoms with Crippen LogP contribution in [0.2, 0.25) is 0 Å². The van der Waals surface area contributed by atoms with Crippen LogP contribution < -0.4 is 4.90 Å². The van der Waals surface area contributed by atoms with E-state index in [1.807, 2.05) is 48.7 Å². The van der Waals surface area contributed by atoms with Gasteiger partial charge in [-0.1, -0.05) is 28.9 Å². The van der Waals surface area contributed by atoms with Gasteiger partial charge in [0.15, 0.2) is 12.4 Å². The number of benzene rings is 1. The van der Waals surface area contributed by atoms with E-state index in [1.54, 1.807) is 11.8 Å². The van der Waals surface area contributed by atoms with Gasteiger partial charge in [0.05, 0.1) is 12.0 Å². The number of esters is 1. The highest BCUT2D eigenvalue weighted by atomic mass is 32.1. The predicted molar refractivity (Wildman–Crippen MR) is 103 cm³/mol. The molecule has 1 aliphatic rings. The second-order valence-electron chi connectivity index (χ2n) is 6.71. The van der Waals surface area contributed by atoms with Crippen molar-refractivity contribution in [2.75, 3.05) is 4.90 Å². The van der Waals surface area contributed by atoms with E-state index in [2.05, 4.69) is 10.1 Å². The van der Waals surface area contributed by atoms with Crippen molar-refractivity contribution in [1.29, 1.82) is 0 Å². The number of rotatable bonds is 5. The molecule has 0 saturated carbocycles. The number of ether oxygens (including phenoxy) is 1. The third-order valence-electron chi connectivity index (χ3n) is 4.68. The number of thiophene rings is 1. The van der Waals surface area contributed by atoms with Gasteiger partial charge in [0.25, 0.3) is 5.89 Å². The molecule has 7 nitrogen and oxygen atoms in total. The van der Waals surface area contributed by atoms with Gasteiger partial charge in [0.1, 0.15) is 0 Å². The Labute approximate surface area is 165 Å². The smallest absolute Gasteiger partial charge is 0.312 e. The third kappa shape index (κ3) is 3.55. The lowest BCUT2D eigenvalue weighted by molar-refractivity contribution is -0.151. The molecule has 144 valence electrons. The van der Waals surface area contributed by atoms with Crippen molar-refractivity contribution in [2.45, 2.75) is 32.9 Å². The van der Waals surface area contributed by atoms with Crippen LogP contribution in [0, 0.1) is 19.8 Å². The first-order valence-electron chi connectivity index (χ1n) is 8.91. The fourth-order valence-corrected chi connectivity index (χ4v) is 4.26. The molecule has 1 aliphatic heterocycles. The highest BCUT2D eigenvalue weighted by molar-refractivity contribution is 7.10. The number of aromatic nitrogens is 2. The zero-order valence-electron chi connectivity index (χ0n) is 15.5. The minimum atomic E-state index is -0.600. The van der Waals surface area contributed by atoms with Crippen LogP contribution in [0.4, 0.5) is 5.69 Å². The summed E-state index contributed by atoms with van der Waals surface area (Å²) in [7, 11) is 0. The zero-order valence-corrected chi connectivity index (χ0v) is 16.3. The Morgan fingerprint density at radius 1 is 1.29 bits per heavy atom. The second-order valence-corrected chi connectivity index (χ2v) is 7.69. The van der Waals surface area contributed by atoms with E-state index in [-0.39, 0.29) is 24.8 Å². The first-order valence-corrected chi connectivity index (χ1v) is 9.79. The number of anilines is 1. The molecular formula is C20H19N3O4S. The van der Waals surface area contributed by atoms with Gasteiger partial charge in [-0.05, 0) is 37.4 Å². The molecule has 3 aromatic rings. The van der Waals surface area contributed by atoms with Crippen molar-refractivity contribution >= 4 is 28.9 Å². The van der Waals surface area contributed by atoms with Crippen LogP contribution in [0.5, 0.6) is 0 Å². The highest BCUT2D eigenvalue weighted by Gasteiger charge is 2.46. The van der Waals surface area contributed by atoms with E-state index in [9.17, 15) is 9.59 Å². The van der Waals surface area contributed by atoms with Crippen molar-refractivity contribution in [3.63, 3.8) is 0 Å². The molecule has 0 bridgehead atoms. The molecule has 0 aliphatic carbocycles. The highest BCUT2D eigenvalue weighted by Crippen LogP contribution is 2.43. The predicted octanol–water partition coefficient (Wildman–Crippen LogP) is 3.59. The monoisotopic (exact) mass is 397 g/mol. The van der Waals surface area contributed by atoms with Gasteiger partial charge in [0.2, 0.25) is 5.91 Å². The van der Waals surface area contributed by atoms with Crippen molar-refractivity contribution in [2.24, 2.45) is 5.92 Å². The molecule has 4 rings (SSSR count). The van der Waals surface area contributed by atoms with Gasteiger partial charge < -0.3 is 14.2 Å². The van der Waals surface area contributed by atoms with E-state index < -0.39 is 17.9 Å². The lowest BCUT2D eigenvalue weighted by Gasteiger charge is -2.27. The Kier molecular flexibility index (Phi) is 4.95. The average Bonchev–Trinajstić information content (AvgIpc) is 3.40. The first-order chi connectivity index (χ1) is 13.5. The number of hydrogen-bond acceptors (Lipinski definition) is 7. The summed E-state index contributed by atoms with van der Waals surface area (Å²) in [6.07, 6.45) is 0.0954. The number of carbonyl (C=O) groups excluding carboxylic acids is 2. The molecule has 8 heteroatoms. The molecule has 1 fully saturated rings. The molecule has 3 heterocycles. The first kappa shape index (κ1) is 18.4. The number of aryl methyl sites for hydroxylation is 2. The van der Waals surface area contributed by atoms with E-state index >= 15 is 0 Å². The minimum Gasteiger partial charge on any atom is -0.455 e. The molecule has 0 spiro atoms. The summed E-state index contributed by atoms with van der Waals surface area (Å²) in [4.78, 5) is 32.3. The van der Waals surface area contributed by atoms with Gasteiger partial charge in [-0.3, -0.25) is 9.59 Å². The largest absolute Gasteiger partial charge is 0.455 e. The Morgan fingerprint density at radius 2 is 2.07 bits per heavy atom. The molecule has 1 saturated heterocycles. The molecule has 28 heavy (non-hydrogen) atoms. The van der Waals surface area contributed by atoms with E-state index in [0.29, 0.717) is 5.82 Å². The topological polar surface area (TPSA) is 85.5 Å². The Morgan fingerprint density at radius 3 is 2.71 bits per heavy atom. The summed E-state index contributed by atoms with van der Waals surface area (Å²) in [6, 6.07) is 11.2. The van der Waals surface area contributed by atoms with Gasteiger partial charge in [-0.25, -0.2) is 0 Å². The number of amides is 1. The summed E-state index contributed by atoms with van der Waals surface area (Å²) in [5.41, 5.74) is 1.88. The van der Waals surface area contributed by atoms with E-state index in [0.717, 1.165) is 16.1 Å². The number of nitrogens with zero attached hydrogens (tertiary/aromatic N) is 3. The number of hydrogen-bond donors (Lipinski definition) is 0. The van der Waals surface area contributed by atoms with Crippen LogP contribution in [0.15, 0.2) is 46.3 Å². The maximum absolute atomic E-state index is 12.8. The van der Waals surface area contributed by atoms with Crippen molar-refractivity contribution in [3.8, 4) is 0 Å². The molecule has 1 amide bonds. The maximum Gasteiger partial charge on any atom is 0.312 e. The normalized spacial score (nSPS) is 19.2. The van der Waals surface area contributed by atoms with E-state index in [1.165, 1.54) is 11.3 Å². The van der Waals surface area contributed by atoms with Crippen molar-refractivity contribution in [3.05, 3.63) is 63.9 Å². The fraction of sp³-hybridized carbons (Fsp3) is 0.300. The van der Waals surface area contributed by atoms with Crippen LogP contribution in [0.25, 0.3) is 0 Å². The maximum atomic E-state index is 12.8. The fourth-order valence-electron chi connectivity index (χ4n) is 3.38. The quantitative estimate of drug-likeness (QED) is 0.612. The molecule has 2 atom stereocenters. The molecular weight excluding hydrogens is 378 g/mol. The van der Waals surface area contributed by atoms with Crippen LogP contribution in [-0.4, -0.2) is 22.0 Å². The zero-order chi connectivity index (χ0) is 19.7. The number of carbonyl (C=O) groups is 2. The van der Waals surface area contributed by atoms with Crippen LogP contribution >= 0.6 is 11.3 Å².